The first kappa shape index (κ1) is 14.9. The zero-order valence-corrected chi connectivity index (χ0v) is 13.0. The van der Waals surface area contributed by atoms with E-state index in [-0.39, 0.29) is 17.9 Å². The van der Waals surface area contributed by atoms with Gasteiger partial charge in [-0.3, -0.25) is 9.59 Å². The zero-order chi connectivity index (χ0) is 15.0. The van der Waals surface area contributed by atoms with Crippen molar-refractivity contribution in [1.82, 2.24) is 0 Å². The lowest BCUT2D eigenvalue weighted by molar-refractivity contribution is -0.173. The van der Waals surface area contributed by atoms with Gasteiger partial charge in [0.25, 0.3) is 0 Å². The predicted octanol–water partition coefficient (Wildman–Crippen LogP) is 2.80. The van der Waals surface area contributed by atoms with E-state index in [1.165, 1.54) is 32.1 Å². The van der Waals surface area contributed by atoms with Crippen LogP contribution >= 0.6 is 0 Å². The molecule has 4 aliphatic carbocycles. The van der Waals surface area contributed by atoms with Crippen LogP contribution < -0.4 is 0 Å². The summed E-state index contributed by atoms with van der Waals surface area (Å²) in [6, 6.07) is 0. The van der Waals surface area contributed by atoms with E-state index in [1.807, 2.05) is 0 Å². The summed E-state index contributed by atoms with van der Waals surface area (Å²) in [7, 11) is 0. The lowest BCUT2D eigenvalue weighted by Crippen LogP contribution is -2.51. The molecule has 4 bridgehead atoms. The molecule has 0 aliphatic heterocycles. The van der Waals surface area contributed by atoms with Crippen molar-refractivity contribution in [3.05, 3.63) is 0 Å². The van der Waals surface area contributed by atoms with E-state index < -0.39 is 5.92 Å². The van der Waals surface area contributed by atoms with E-state index in [4.69, 9.17) is 9.47 Å². The molecule has 0 atom stereocenters. The normalized spacial score (nSPS) is 36.8. The van der Waals surface area contributed by atoms with Gasteiger partial charge in [0.1, 0.15) is 0 Å². The summed E-state index contributed by atoms with van der Waals surface area (Å²) >= 11 is 0. The van der Waals surface area contributed by atoms with Gasteiger partial charge in [0.2, 0.25) is 0 Å². The van der Waals surface area contributed by atoms with Crippen LogP contribution in [0.4, 0.5) is 0 Å². The fourth-order valence-corrected chi connectivity index (χ4v) is 5.39. The maximum Gasteiger partial charge on any atom is 0.320 e. The minimum absolute atomic E-state index is 0.149. The van der Waals surface area contributed by atoms with Crippen LogP contribution in [0.2, 0.25) is 0 Å². The average Bonchev–Trinajstić information content (AvgIpc) is 2.42. The summed E-state index contributed by atoms with van der Waals surface area (Å²) in [5, 5.41) is 0. The Labute approximate surface area is 126 Å². The SMILES string of the molecule is CCOC(=O)C(C(=O)OCC)C1C2CC3CC(C2)CC1C3. The Kier molecular flexibility index (Phi) is 4.23. The molecule has 0 aromatic carbocycles. The Bertz CT molecular complexity index is 371. The highest BCUT2D eigenvalue weighted by molar-refractivity contribution is 5.95. The van der Waals surface area contributed by atoms with Crippen molar-refractivity contribution in [2.45, 2.75) is 46.0 Å². The molecule has 0 heterocycles. The van der Waals surface area contributed by atoms with E-state index in [0.717, 1.165) is 11.8 Å². The van der Waals surface area contributed by atoms with Gasteiger partial charge in [0.15, 0.2) is 5.92 Å². The Morgan fingerprint density at radius 1 is 0.857 bits per heavy atom. The highest BCUT2D eigenvalue weighted by Gasteiger charge is 2.54. The zero-order valence-electron chi connectivity index (χ0n) is 13.0. The van der Waals surface area contributed by atoms with Gasteiger partial charge in [-0.05, 0) is 75.5 Å². The standard InChI is InChI=1S/C17H26O4/c1-3-20-16(18)15(17(19)21-4-2)14-12-6-10-5-11(8-12)9-13(14)7-10/h10-15H,3-9H2,1-2H3. The Hall–Kier alpha value is -1.06. The number of carbonyl (C=O) groups is 2. The largest absolute Gasteiger partial charge is 0.465 e. The van der Waals surface area contributed by atoms with Gasteiger partial charge in [0, 0.05) is 0 Å². The van der Waals surface area contributed by atoms with E-state index in [2.05, 4.69) is 0 Å². The second-order valence-corrected chi connectivity index (χ2v) is 6.99. The number of hydrogen-bond donors (Lipinski definition) is 0. The average molecular weight is 294 g/mol. The van der Waals surface area contributed by atoms with Crippen LogP contribution in [0.1, 0.15) is 46.0 Å². The molecule has 118 valence electrons. The molecule has 4 rings (SSSR count). The van der Waals surface area contributed by atoms with Crippen LogP contribution in [-0.2, 0) is 19.1 Å². The molecular formula is C17H26O4. The van der Waals surface area contributed by atoms with E-state index in [9.17, 15) is 9.59 Å². The molecule has 0 radical (unpaired) electrons. The van der Waals surface area contributed by atoms with Crippen LogP contribution in [0, 0.1) is 35.5 Å². The summed E-state index contributed by atoms with van der Waals surface area (Å²) < 4.78 is 10.4. The van der Waals surface area contributed by atoms with Crippen molar-refractivity contribution in [3.63, 3.8) is 0 Å². The quantitative estimate of drug-likeness (QED) is 0.578. The molecule has 4 fully saturated rings. The molecule has 4 heteroatoms. The van der Waals surface area contributed by atoms with E-state index in [0.29, 0.717) is 25.0 Å². The number of ether oxygens (including phenoxy) is 2. The second-order valence-electron chi connectivity index (χ2n) is 6.99. The third-order valence-corrected chi connectivity index (χ3v) is 5.77. The summed E-state index contributed by atoms with van der Waals surface area (Å²) in [5.74, 6) is 1.40. The van der Waals surface area contributed by atoms with E-state index in [1.54, 1.807) is 13.8 Å². The Morgan fingerprint density at radius 3 is 1.67 bits per heavy atom. The highest BCUT2D eigenvalue weighted by atomic mass is 16.6. The summed E-state index contributed by atoms with van der Waals surface area (Å²) in [4.78, 5) is 24.7. The fraction of sp³-hybridized carbons (Fsp3) is 0.882. The molecule has 4 saturated carbocycles. The maximum atomic E-state index is 12.4. The lowest BCUT2D eigenvalue weighted by Gasteiger charge is -2.55. The number of carbonyl (C=O) groups excluding carboxylic acids is 2. The van der Waals surface area contributed by atoms with Gasteiger partial charge in [0.05, 0.1) is 13.2 Å². The molecular weight excluding hydrogens is 268 g/mol. The van der Waals surface area contributed by atoms with Crippen molar-refractivity contribution < 1.29 is 19.1 Å². The smallest absolute Gasteiger partial charge is 0.320 e. The summed E-state index contributed by atoms with van der Waals surface area (Å²) in [6.07, 6.45) is 6.11. The van der Waals surface area contributed by atoms with Crippen molar-refractivity contribution in [2.24, 2.45) is 35.5 Å². The molecule has 0 spiro atoms. The second kappa shape index (κ2) is 5.98. The molecule has 0 unspecified atom stereocenters. The lowest BCUT2D eigenvalue weighted by atomic mass is 9.49. The monoisotopic (exact) mass is 294 g/mol. The van der Waals surface area contributed by atoms with Gasteiger partial charge < -0.3 is 9.47 Å². The van der Waals surface area contributed by atoms with Crippen molar-refractivity contribution in [1.29, 1.82) is 0 Å². The van der Waals surface area contributed by atoms with Crippen molar-refractivity contribution in [2.75, 3.05) is 13.2 Å². The van der Waals surface area contributed by atoms with Gasteiger partial charge in [-0.1, -0.05) is 0 Å². The number of rotatable bonds is 5. The fourth-order valence-electron chi connectivity index (χ4n) is 5.39. The molecule has 0 aromatic rings. The Balaban J connectivity index is 1.82. The molecule has 0 N–H and O–H groups in total. The molecule has 4 nitrogen and oxygen atoms in total. The molecule has 21 heavy (non-hydrogen) atoms. The third kappa shape index (κ3) is 2.69. The summed E-state index contributed by atoms with van der Waals surface area (Å²) in [5.41, 5.74) is 0. The third-order valence-electron chi connectivity index (χ3n) is 5.77. The molecule has 0 saturated heterocycles. The van der Waals surface area contributed by atoms with Crippen LogP contribution in [0.3, 0.4) is 0 Å². The first-order valence-corrected chi connectivity index (χ1v) is 8.47. The molecule has 0 aromatic heterocycles. The maximum absolute atomic E-state index is 12.4. The van der Waals surface area contributed by atoms with Crippen molar-refractivity contribution >= 4 is 11.9 Å². The summed E-state index contributed by atoms with van der Waals surface area (Å²) in [6.45, 7) is 4.22. The van der Waals surface area contributed by atoms with Gasteiger partial charge in [-0.2, -0.15) is 0 Å². The first-order valence-electron chi connectivity index (χ1n) is 8.47. The van der Waals surface area contributed by atoms with Crippen LogP contribution in [0.5, 0.6) is 0 Å². The minimum atomic E-state index is -0.695. The van der Waals surface area contributed by atoms with E-state index >= 15 is 0 Å². The first-order chi connectivity index (χ1) is 10.1. The highest BCUT2D eigenvalue weighted by Crippen LogP contribution is 2.58. The Morgan fingerprint density at radius 2 is 1.29 bits per heavy atom. The predicted molar refractivity (Wildman–Crippen MR) is 77.3 cm³/mol. The van der Waals surface area contributed by atoms with Crippen molar-refractivity contribution in [3.8, 4) is 0 Å². The molecule has 4 aliphatic rings. The van der Waals surface area contributed by atoms with Gasteiger partial charge in [-0.15, -0.1) is 0 Å². The molecule has 0 amide bonds. The number of esters is 2. The van der Waals surface area contributed by atoms with Crippen LogP contribution in [0.15, 0.2) is 0 Å². The minimum Gasteiger partial charge on any atom is -0.465 e. The van der Waals surface area contributed by atoms with Crippen LogP contribution in [-0.4, -0.2) is 25.2 Å². The van der Waals surface area contributed by atoms with Gasteiger partial charge >= 0.3 is 11.9 Å². The topological polar surface area (TPSA) is 52.6 Å². The number of hydrogen-bond acceptors (Lipinski definition) is 4. The van der Waals surface area contributed by atoms with Gasteiger partial charge in [-0.25, -0.2) is 0 Å². The van der Waals surface area contributed by atoms with Crippen LogP contribution in [0.25, 0.3) is 0 Å².